The molecule has 1 heterocycles. The van der Waals surface area contributed by atoms with Crippen molar-refractivity contribution in [1.29, 1.82) is 0 Å². The fourth-order valence-corrected chi connectivity index (χ4v) is 2.48. The van der Waals surface area contributed by atoms with Crippen molar-refractivity contribution in [3.63, 3.8) is 0 Å². The third kappa shape index (κ3) is 4.16. The first-order chi connectivity index (χ1) is 7.33. The lowest BCUT2D eigenvalue weighted by atomic mass is 10.2. The first-order valence-electron chi connectivity index (χ1n) is 6.28. The minimum absolute atomic E-state index is 0.300. The lowest BCUT2D eigenvalue weighted by molar-refractivity contribution is 0.146. The fourth-order valence-electron chi connectivity index (χ4n) is 1.43. The van der Waals surface area contributed by atoms with Crippen LogP contribution in [0.2, 0.25) is 18.1 Å². The third-order valence-corrected chi connectivity index (χ3v) is 8.24. The highest BCUT2D eigenvalue weighted by molar-refractivity contribution is 6.74. The molecule has 0 aromatic heterocycles. The van der Waals surface area contributed by atoms with E-state index in [2.05, 4.69) is 39.2 Å². The summed E-state index contributed by atoms with van der Waals surface area (Å²) in [5.74, 6) is 0. The summed E-state index contributed by atoms with van der Waals surface area (Å²) >= 11 is 0. The van der Waals surface area contributed by atoms with Gasteiger partial charge in [0.2, 0.25) is 0 Å². The van der Waals surface area contributed by atoms with Crippen molar-refractivity contribution >= 4 is 8.32 Å². The topological polar surface area (TPSA) is 30.5 Å². The summed E-state index contributed by atoms with van der Waals surface area (Å²) < 4.78 is 11.6. The second-order valence-electron chi connectivity index (χ2n) is 6.12. The monoisotopic (exact) mass is 245 g/mol. The summed E-state index contributed by atoms with van der Waals surface area (Å²) in [5, 5.41) is 3.78. The van der Waals surface area contributed by atoms with Crippen LogP contribution in [0.1, 0.15) is 27.2 Å². The van der Waals surface area contributed by atoms with Crippen molar-refractivity contribution in [2.45, 2.75) is 51.4 Å². The largest absolute Gasteiger partial charge is 0.415 e. The van der Waals surface area contributed by atoms with Crippen LogP contribution in [-0.2, 0) is 9.16 Å². The molecule has 16 heavy (non-hydrogen) atoms. The molecule has 0 aromatic rings. The van der Waals surface area contributed by atoms with E-state index in [4.69, 9.17) is 9.16 Å². The zero-order chi connectivity index (χ0) is 12.2. The molecule has 1 unspecified atom stereocenters. The Morgan fingerprint density at radius 1 is 1.31 bits per heavy atom. The van der Waals surface area contributed by atoms with E-state index in [0.29, 0.717) is 11.1 Å². The Balaban J connectivity index is 2.37. The predicted octanol–water partition coefficient (Wildman–Crippen LogP) is 2.39. The van der Waals surface area contributed by atoms with Crippen LogP contribution < -0.4 is 5.32 Å². The maximum atomic E-state index is 6.21. The molecule has 0 saturated carbocycles. The average Bonchev–Trinajstić information content (AvgIpc) is 2.41. The highest BCUT2D eigenvalue weighted by Gasteiger charge is 2.37. The highest BCUT2D eigenvalue weighted by atomic mass is 28.4. The Morgan fingerprint density at radius 3 is 2.62 bits per heavy atom. The van der Waals surface area contributed by atoms with Gasteiger partial charge in [0.1, 0.15) is 0 Å². The van der Waals surface area contributed by atoms with Gasteiger partial charge in [0, 0.05) is 25.8 Å². The molecule has 0 spiro atoms. The highest BCUT2D eigenvalue weighted by Crippen LogP contribution is 2.36. The van der Waals surface area contributed by atoms with Gasteiger partial charge in [0.15, 0.2) is 8.32 Å². The van der Waals surface area contributed by atoms with Crippen LogP contribution in [0.15, 0.2) is 0 Å². The Morgan fingerprint density at radius 2 is 2.00 bits per heavy atom. The SMILES string of the molecule is CC(C)(C)[Si](C)(C)OCC1CCOCCN1. The van der Waals surface area contributed by atoms with Crippen molar-refractivity contribution in [1.82, 2.24) is 5.32 Å². The summed E-state index contributed by atoms with van der Waals surface area (Å²) in [4.78, 5) is 0. The van der Waals surface area contributed by atoms with E-state index < -0.39 is 8.32 Å². The molecule has 1 saturated heterocycles. The van der Waals surface area contributed by atoms with E-state index in [1.165, 1.54) is 0 Å². The van der Waals surface area contributed by atoms with Gasteiger partial charge in [0.25, 0.3) is 0 Å². The molecule has 1 aliphatic rings. The van der Waals surface area contributed by atoms with E-state index in [-0.39, 0.29) is 0 Å². The van der Waals surface area contributed by atoms with E-state index in [1.807, 2.05) is 0 Å². The van der Waals surface area contributed by atoms with Crippen LogP contribution in [-0.4, -0.2) is 40.7 Å². The zero-order valence-corrected chi connectivity index (χ0v) is 12.4. The number of hydrogen-bond donors (Lipinski definition) is 1. The summed E-state index contributed by atoms with van der Waals surface area (Å²) in [5.41, 5.74) is 0. The van der Waals surface area contributed by atoms with Crippen LogP contribution in [0.4, 0.5) is 0 Å². The molecule has 0 bridgehead atoms. The van der Waals surface area contributed by atoms with Crippen LogP contribution in [0.5, 0.6) is 0 Å². The third-order valence-electron chi connectivity index (χ3n) is 3.74. The molecule has 1 atom stereocenters. The summed E-state index contributed by atoms with van der Waals surface area (Å²) in [6.07, 6.45) is 1.06. The molecular formula is C12H27NO2Si. The molecule has 3 nitrogen and oxygen atoms in total. The fraction of sp³-hybridized carbons (Fsp3) is 1.00. The molecule has 96 valence electrons. The molecule has 0 radical (unpaired) electrons. The minimum Gasteiger partial charge on any atom is -0.415 e. The van der Waals surface area contributed by atoms with Gasteiger partial charge in [-0.05, 0) is 24.6 Å². The summed E-state index contributed by atoms with van der Waals surface area (Å²) in [7, 11) is -1.59. The van der Waals surface area contributed by atoms with Gasteiger partial charge in [-0.25, -0.2) is 0 Å². The van der Waals surface area contributed by atoms with E-state index in [1.54, 1.807) is 0 Å². The lowest BCUT2D eigenvalue weighted by Crippen LogP contribution is -2.45. The molecule has 0 aliphatic carbocycles. The lowest BCUT2D eigenvalue weighted by Gasteiger charge is -2.37. The van der Waals surface area contributed by atoms with Gasteiger partial charge in [-0.3, -0.25) is 0 Å². The Kier molecular flexibility index (Phi) is 4.98. The van der Waals surface area contributed by atoms with Crippen molar-refractivity contribution in [3.05, 3.63) is 0 Å². The van der Waals surface area contributed by atoms with Crippen LogP contribution in [0.25, 0.3) is 0 Å². The van der Waals surface area contributed by atoms with E-state index >= 15 is 0 Å². The van der Waals surface area contributed by atoms with E-state index in [9.17, 15) is 0 Å². The maximum absolute atomic E-state index is 6.21. The second kappa shape index (κ2) is 5.62. The smallest absolute Gasteiger partial charge is 0.192 e. The van der Waals surface area contributed by atoms with Crippen molar-refractivity contribution in [2.75, 3.05) is 26.4 Å². The maximum Gasteiger partial charge on any atom is 0.192 e. The van der Waals surface area contributed by atoms with Gasteiger partial charge in [-0.1, -0.05) is 20.8 Å². The molecule has 1 aliphatic heterocycles. The van der Waals surface area contributed by atoms with Crippen LogP contribution in [0.3, 0.4) is 0 Å². The molecular weight excluding hydrogens is 218 g/mol. The van der Waals surface area contributed by atoms with Gasteiger partial charge < -0.3 is 14.5 Å². The summed E-state index contributed by atoms with van der Waals surface area (Å²) in [6.45, 7) is 14.9. The Hall–Kier alpha value is 0.0969. The average molecular weight is 245 g/mol. The van der Waals surface area contributed by atoms with Crippen molar-refractivity contribution in [2.24, 2.45) is 0 Å². The number of ether oxygens (including phenoxy) is 1. The molecule has 0 amide bonds. The van der Waals surface area contributed by atoms with Gasteiger partial charge in [-0.2, -0.15) is 0 Å². The van der Waals surface area contributed by atoms with E-state index in [0.717, 1.165) is 32.8 Å². The predicted molar refractivity (Wildman–Crippen MR) is 70.4 cm³/mol. The number of rotatable bonds is 3. The first-order valence-corrected chi connectivity index (χ1v) is 9.19. The summed E-state index contributed by atoms with van der Waals surface area (Å²) in [6, 6.07) is 0.469. The number of hydrogen-bond acceptors (Lipinski definition) is 3. The molecule has 1 N–H and O–H groups in total. The van der Waals surface area contributed by atoms with Gasteiger partial charge in [-0.15, -0.1) is 0 Å². The van der Waals surface area contributed by atoms with Crippen molar-refractivity contribution < 1.29 is 9.16 Å². The van der Waals surface area contributed by atoms with Crippen molar-refractivity contribution in [3.8, 4) is 0 Å². The Bertz CT molecular complexity index is 206. The number of nitrogens with one attached hydrogen (secondary N) is 1. The minimum atomic E-state index is -1.59. The van der Waals surface area contributed by atoms with Gasteiger partial charge >= 0.3 is 0 Å². The normalized spacial score (nSPS) is 24.2. The van der Waals surface area contributed by atoms with Crippen LogP contribution >= 0.6 is 0 Å². The second-order valence-corrected chi connectivity index (χ2v) is 10.9. The van der Waals surface area contributed by atoms with Crippen LogP contribution in [0, 0.1) is 0 Å². The molecule has 1 rings (SSSR count). The van der Waals surface area contributed by atoms with Gasteiger partial charge in [0.05, 0.1) is 6.61 Å². The Labute approximate surface area is 101 Å². The quantitative estimate of drug-likeness (QED) is 0.775. The molecule has 1 fully saturated rings. The first kappa shape index (κ1) is 14.2. The standard InChI is InChI=1S/C12H27NO2Si/c1-12(2,3)16(4,5)15-10-11-6-8-14-9-7-13-11/h11,13H,6-10H2,1-5H3. The molecule has 4 heteroatoms. The molecule has 0 aromatic carbocycles. The zero-order valence-electron chi connectivity index (χ0n) is 11.4.